The van der Waals surface area contributed by atoms with Crippen molar-refractivity contribution in [1.29, 1.82) is 0 Å². The summed E-state index contributed by atoms with van der Waals surface area (Å²) in [5.74, 6) is -0.649. The Morgan fingerprint density at radius 2 is 2.04 bits per heavy atom. The summed E-state index contributed by atoms with van der Waals surface area (Å²) in [5.41, 5.74) is 4.07. The molecule has 0 saturated heterocycles. The quantitative estimate of drug-likeness (QED) is 0.379. The zero-order valence-electron chi connectivity index (χ0n) is 12.8. The lowest BCUT2D eigenvalue weighted by Crippen LogP contribution is -1.99. The summed E-state index contributed by atoms with van der Waals surface area (Å²) in [5, 5.41) is 29.5. The first-order valence-electron chi connectivity index (χ1n) is 7.09. The highest BCUT2D eigenvalue weighted by atomic mass is 35.5. The summed E-state index contributed by atoms with van der Waals surface area (Å²) in [4.78, 5) is 14.4. The average molecular weight is 408 g/mol. The van der Waals surface area contributed by atoms with Crippen LogP contribution in [0.1, 0.15) is 5.56 Å². The highest BCUT2D eigenvalue weighted by molar-refractivity contribution is 7.14. The summed E-state index contributed by atoms with van der Waals surface area (Å²) in [6, 6.07) is 8.87. The molecule has 132 valence electrons. The first kappa shape index (κ1) is 18.1. The number of aromatic nitrogens is 1. The smallest absolute Gasteiger partial charge is 0.262 e. The molecule has 0 aliphatic rings. The molecule has 0 aliphatic heterocycles. The van der Waals surface area contributed by atoms with Crippen LogP contribution in [0.15, 0.2) is 46.9 Å². The molecule has 1 N–H and O–H groups in total. The first-order valence-corrected chi connectivity index (χ1v) is 8.73. The highest BCUT2D eigenvalue weighted by Crippen LogP contribution is 2.32. The number of hydrogen-bond acceptors (Lipinski definition) is 7. The van der Waals surface area contributed by atoms with Crippen molar-refractivity contribution in [3.63, 3.8) is 0 Å². The van der Waals surface area contributed by atoms with Gasteiger partial charge in [0, 0.05) is 27.6 Å². The molecule has 3 rings (SSSR count). The Morgan fingerprint density at radius 1 is 1.23 bits per heavy atom. The zero-order valence-corrected chi connectivity index (χ0v) is 15.2. The number of hydrazone groups is 1. The molecule has 0 bridgehead atoms. The fraction of sp³-hybridized carbons (Fsp3) is 0. The molecule has 3 aromatic rings. The van der Waals surface area contributed by atoms with Gasteiger partial charge in [-0.15, -0.1) is 11.3 Å². The van der Waals surface area contributed by atoms with Crippen LogP contribution in [0, 0.1) is 10.1 Å². The zero-order chi connectivity index (χ0) is 18.7. The monoisotopic (exact) mass is 407 g/mol. The largest absolute Gasteiger partial charge is 0.868 e. The topological polar surface area (TPSA) is 103 Å². The van der Waals surface area contributed by atoms with Crippen molar-refractivity contribution in [2.75, 3.05) is 5.43 Å². The molecule has 10 heteroatoms. The summed E-state index contributed by atoms with van der Waals surface area (Å²) < 4.78 is 0. The second-order valence-electron chi connectivity index (χ2n) is 5.02. The Labute approximate surface area is 161 Å². The van der Waals surface area contributed by atoms with Gasteiger partial charge in [0.25, 0.3) is 5.69 Å². The molecule has 0 aliphatic carbocycles. The fourth-order valence-corrected chi connectivity index (χ4v) is 3.23. The van der Waals surface area contributed by atoms with Crippen LogP contribution in [0.4, 0.5) is 10.8 Å². The van der Waals surface area contributed by atoms with Crippen LogP contribution in [0.2, 0.25) is 10.0 Å². The third-order valence-electron chi connectivity index (χ3n) is 3.26. The van der Waals surface area contributed by atoms with E-state index >= 15 is 0 Å². The van der Waals surface area contributed by atoms with Gasteiger partial charge in [0.2, 0.25) is 5.13 Å². The van der Waals surface area contributed by atoms with Crippen LogP contribution in [0.5, 0.6) is 5.75 Å². The van der Waals surface area contributed by atoms with Crippen molar-refractivity contribution in [2.45, 2.75) is 0 Å². The van der Waals surface area contributed by atoms with Gasteiger partial charge >= 0.3 is 0 Å². The molecule has 7 nitrogen and oxygen atoms in total. The van der Waals surface area contributed by atoms with Gasteiger partial charge in [-0.05, 0) is 23.9 Å². The maximum atomic E-state index is 11.4. The molecular weight excluding hydrogens is 399 g/mol. The molecule has 0 spiro atoms. The summed E-state index contributed by atoms with van der Waals surface area (Å²) in [7, 11) is 0. The lowest BCUT2D eigenvalue weighted by atomic mass is 10.2. The molecule has 26 heavy (non-hydrogen) atoms. The Balaban J connectivity index is 1.73. The number of nitro benzene ring substituents is 1. The normalized spacial score (nSPS) is 11.0. The van der Waals surface area contributed by atoms with Crippen molar-refractivity contribution in [2.24, 2.45) is 5.10 Å². The number of rotatable bonds is 5. The van der Waals surface area contributed by atoms with E-state index in [2.05, 4.69) is 15.5 Å². The van der Waals surface area contributed by atoms with E-state index in [1.165, 1.54) is 23.6 Å². The summed E-state index contributed by atoms with van der Waals surface area (Å²) in [6.07, 6.45) is 1.36. The second-order valence-corrected chi connectivity index (χ2v) is 6.72. The van der Waals surface area contributed by atoms with Gasteiger partial charge in [-0.2, -0.15) is 5.10 Å². The maximum absolute atomic E-state index is 11.4. The van der Waals surface area contributed by atoms with E-state index < -0.39 is 16.4 Å². The number of halogens is 2. The van der Waals surface area contributed by atoms with Crippen LogP contribution >= 0.6 is 34.5 Å². The molecule has 0 atom stereocenters. The number of nitro groups is 1. The van der Waals surface area contributed by atoms with Crippen molar-refractivity contribution < 1.29 is 10.0 Å². The lowest BCUT2D eigenvalue weighted by Gasteiger charge is -2.05. The van der Waals surface area contributed by atoms with Crippen molar-refractivity contribution in [3.8, 4) is 17.0 Å². The predicted octanol–water partition coefficient (Wildman–Crippen LogP) is 4.54. The van der Waals surface area contributed by atoms with Crippen molar-refractivity contribution in [3.05, 3.63) is 67.5 Å². The second kappa shape index (κ2) is 7.69. The molecule has 1 heterocycles. The van der Waals surface area contributed by atoms with Gasteiger partial charge in [-0.3, -0.25) is 15.5 Å². The van der Waals surface area contributed by atoms with E-state index in [0.29, 0.717) is 26.4 Å². The Kier molecular flexibility index (Phi) is 5.36. The minimum atomic E-state index is -0.726. The van der Waals surface area contributed by atoms with Crippen LogP contribution in [0.25, 0.3) is 11.3 Å². The Hall–Kier alpha value is -2.68. The molecule has 0 saturated carbocycles. The van der Waals surface area contributed by atoms with Gasteiger partial charge < -0.3 is 5.11 Å². The van der Waals surface area contributed by atoms with Crippen molar-refractivity contribution >= 4 is 51.6 Å². The molecular formula is C16H9Cl2N4O3S-. The fourth-order valence-electron chi connectivity index (χ4n) is 2.07. The SMILES string of the molecule is O=[N+]([O-])c1cc(C=NNc2nc(-c3ccc(Cl)cc3Cl)cs2)ccc1[O-]. The summed E-state index contributed by atoms with van der Waals surface area (Å²) >= 11 is 13.4. The Morgan fingerprint density at radius 3 is 2.77 bits per heavy atom. The van der Waals surface area contributed by atoms with E-state index in [1.54, 1.807) is 18.2 Å². The number of nitrogens with one attached hydrogen (secondary N) is 1. The van der Waals surface area contributed by atoms with Gasteiger partial charge in [0.1, 0.15) is 0 Å². The number of thiazole rings is 1. The third-order valence-corrected chi connectivity index (χ3v) is 4.56. The van der Waals surface area contributed by atoms with Gasteiger partial charge in [0.15, 0.2) is 0 Å². The number of benzene rings is 2. The molecule has 0 amide bonds. The number of nitrogens with zero attached hydrogens (tertiary/aromatic N) is 3. The van der Waals surface area contributed by atoms with E-state index in [-0.39, 0.29) is 0 Å². The maximum Gasteiger partial charge on any atom is 0.262 e. The van der Waals surface area contributed by atoms with Gasteiger partial charge in [-0.1, -0.05) is 35.3 Å². The van der Waals surface area contributed by atoms with Gasteiger partial charge in [0.05, 0.1) is 21.9 Å². The highest BCUT2D eigenvalue weighted by Gasteiger charge is 2.09. The molecule has 0 fully saturated rings. The summed E-state index contributed by atoms with van der Waals surface area (Å²) in [6.45, 7) is 0. The first-order chi connectivity index (χ1) is 12.4. The number of anilines is 1. The third kappa shape index (κ3) is 4.10. The number of hydrogen-bond donors (Lipinski definition) is 1. The van der Waals surface area contributed by atoms with E-state index in [4.69, 9.17) is 23.2 Å². The molecule has 0 unspecified atom stereocenters. The lowest BCUT2D eigenvalue weighted by molar-refractivity contribution is -0.398. The van der Waals surface area contributed by atoms with Crippen molar-refractivity contribution in [1.82, 2.24) is 4.98 Å². The van der Waals surface area contributed by atoms with E-state index in [1.807, 2.05) is 5.38 Å². The molecule has 1 aromatic heterocycles. The molecule has 0 radical (unpaired) electrons. The van der Waals surface area contributed by atoms with Gasteiger partial charge in [-0.25, -0.2) is 4.98 Å². The predicted molar refractivity (Wildman–Crippen MR) is 101 cm³/mol. The van der Waals surface area contributed by atoms with Crippen LogP contribution in [0.3, 0.4) is 0 Å². The minimum absolute atomic E-state index is 0.418. The van der Waals surface area contributed by atoms with Crippen LogP contribution in [-0.2, 0) is 0 Å². The van der Waals surface area contributed by atoms with E-state index in [0.717, 1.165) is 17.7 Å². The minimum Gasteiger partial charge on any atom is -0.868 e. The Bertz CT molecular complexity index is 1010. The average Bonchev–Trinajstić information content (AvgIpc) is 3.04. The van der Waals surface area contributed by atoms with Crippen LogP contribution in [-0.4, -0.2) is 16.1 Å². The molecule has 2 aromatic carbocycles. The van der Waals surface area contributed by atoms with Crippen LogP contribution < -0.4 is 10.5 Å². The van der Waals surface area contributed by atoms with E-state index in [9.17, 15) is 15.2 Å². The standard InChI is InChI=1S/C16H10Cl2N4O3S/c17-10-2-3-11(12(18)6-10)13-8-26-16(20-13)21-19-7-9-1-4-15(23)14(5-9)22(24)25/h1-8,23H,(H,20,21)/p-1.